The van der Waals surface area contributed by atoms with E-state index >= 15 is 0 Å². The second kappa shape index (κ2) is 11.9. The van der Waals surface area contributed by atoms with Crippen LogP contribution in [-0.2, 0) is 20.8 Å². The first-order chi connectivity index (χ1) is 9.83. The molecule has 0 saturated carbocycles. The summed E-state index contributed by atoms with van der Waals surface area (Å²) in [6.45, 7) is 3.03. The van der Waals surface area contributed by atoms with E-state index < -0.39 is 6.09 Å². The summed E-state index contributed by atoms with van der Waals surface area (Å²) < 4.78 is 16.6. The number of carbonyl (C=O) groups excluding carboxylic acids is 1. The minimum absolute atomic E-state index is 0.275. The van der Waals surface area contributed by atoms with Crippen molar-refractivity contribution in [1.82, 2.24) is 5.32 Å². The number of carbonyl (C=O) groups is 1. The molecule has 0 unspecified atom stereocenters. The van der Waals surface area contributed by atoms with Crippen molar-refractivity contribution in [2.45, 2.75) is 6.61 Å². The van der Waals surface area contributed by atoms with Crippen LogP contribution in [0.2, 0.25) is 0 Å². The topological polar surface area (TPSA) is 56.8 Å². The van der Waals surface area contributed by atoms with Crippen LogP contribution in [0.25, 0.3) is 0 Å². The van der Waals surface area contributed by atoms with E-state index in [1.807, 2.05) is 30.3 Å². The van der Waals surface area contributed by atoms with Crippen LogP contribution >= 0.6 is 22.6 Å². The summed E-state index contributed by atoms with van der Waals surface area (Å²) in [5.41, 5.74) is 0.964. The normalized spacial score (nSPS) is 10.2. The van der Waals surface area contributed by atoms with Crippen LogP contribution in [-0.4, -0.2) is 43.5 Å². The Morgan fingerprint density at radius 3 is 2.45 bits per heavy atom. The Labute approximate surface area is 133 Å². The van der Waals surface area contributed by atoms with Crippen LogP contribution in [0.15, 0.2) is 30.3 Å². The number of amides is 1. The molecule has 1 aromatic rings. The molecule has 0 saturated heterocycles. The molecule has 0 aliphatic heterocycles. The highest BCUT2D eigenvalue weighted by Crippen LogP contribution is 2.00. The third-order valence-electron chi connectivity index (χ3n) is 2.32. The van der Waals surface area contributed by atoms with Crippen molar-refractivity contribution in [1.29, 1.82) is 0 Å². The average Bonchev–Trinajstić information content (AvgIpc) is 2.49. The summed E-state index contributed by atoms with van der Waals surface area (Å²) in [4.78, 5) is 11.4. The maximum absolute atomic E-state index is 11.4. The Balaban J connectivity index is 1.93. The molecule has 0 fully saturated rings. The van der Waals surface area contributed by atoms with E-state index in [0.29, 0.717) is 26.4 Å². The lowest BCUT2D eigenvalue weighted by Gasteiger charge is -2.08. The van der Waals surface area contributed by atoms with Gasteiger partial charge < -0.3 is 19.5 Å². The lowest BCUT2D eigenvalue weighted by atomic mass is 10.2. The largest absolute Gasteiger partial charge is 0.445 e. The van der Waals surface area contributed by atoms with Gasteiger partial charge >= 0.3 is 6.09 Å². The van der Waals surface area contributed by atoms with E-state index in [9.17, 15) is 4.79 Å². The van der Waals surface area contributed by atoms with Crippen LogP contribution in [0.3, 0.4) is 0 Å². The lowest BCUT2D eigenvalue weighted by Crippen LogP contribution is -2.28. The van der Waals surface area contributed by atoms with Gasteiger partial charge in [0.05, 0.1) is 26.4 Å². The fourth-order valence-corrected chi connectivity index (χ4v) is 1.69. The molecule has 0 spiro atoms. The van der Waals surface area contributed by atoms with Crippen molar-refractivity contribution in [3.8, 4) is 0 Å². The molecule has 0 aliphatic rings. The first-order valence-electron chi connectivity index (χ1n) is 6.49. The summed E-state index contributed by atoms with van der Waals surface area (Å²) >= 11 is 2.25. The maximum Gasteiger partial charge on any atom is 0.407 e. The Morgan fingerprint density at radius 1 is 1.05 bits per heavy atom. The molecule has 5 nitrogen and oxygen atoms in total. The van der Waals surface area contributed by atoms with Gasteiger partial charge in [-0.25, -0.2) is 4.79 Å². The Morgan fingerprint density at radius 2 is 1.75 bits per heavy atom. The van der Waals surface area contributed by atoms with E-state index in [-0.39, 0.29) is 6.61 Å². The van der Waals surface area contributed by atoms with Crippen LogP contribution in [0.5, 0.6) is 0 Å². The quantitative estimate of drug-likeness (QED) is 0.377. The van der Waals surface area contributed by atoms with Crippen molar-refractivity contribution in [3.05, 3.63) is 35.9 Å². The summed E-state index contributed by atoms with van der Waals surface area (Å²) in [6, 6.07) is 9.55. The molecule has 0 aliphatic carbocycles. The van der Waals surface area contributed by atoms with Gasteiger partial charge in [0.2, 0.25) is 0 Å². The zero-order valence-corrected chi connectivity index (χ0v) is 13.5. The van der Waals surface area contributed by atoms with Gasteiger partial charge in [0.15, 0.2) is 0 Å². The predicted molar refractivity (Wildman–Crippen MR) is 85.2 cm³/mol. The monoisotopic (exact) mass is 393 g/mol. The fourth-order valence-electron chi connectivity index (χ4n) is 1.38. The number of ether oxygens (including phenoxy) is 3. The highest BCUT2D eigenvalue weighted by atomic mass is 127. The molecule has 0 bridgehead atoms. The Bertz CT molecular complexity index is 361. The summed E-state index contributed by atoms with van der Waals surface area (Å²) in [5, 5.41) is 2.63. The molecule has 112 valence electrons. The Kier molecular flexibility index (Phi) is 10.3. The molecule has 0 aromatic heterocycles. The molecular weight excluding hydrogens is 373 g/mol. The molecule has 0 radical (unpaired) electrons. The molecule has 1 rings (SSSR count). The van der Waals surface area contributed by atoms with Gasteiger partial charge in [0, 0.05) is 11.0 Å². The second-order valence-corrected chi connectivity index (χ2v) is 4.98. The molecule has 0 atom stereocenters. The van der Waals surface area contributed by atoms with Crippen LogP contribution < -0.4 is 5.32 Å². The van der Waals surface area contributed by atoms with Crippen LogP contribution in [0, 0.1) is 0 Å². The minimum atomic E-state index is -0.432. The van der Waals surface area contributed by atoms with E-state index in [0.717, 1.165) is 16.6 Å². The summed E-state index contributed by atoms with van der Waals surface area (Å²) in [6.07, 6.45) is -0.432. The van der Waals surface area contributed by atoms with Crippen LogP contribution in [0.1, 0.15) is 5.56 Å². The number of halogens is 1. The third kappa shape index (κ3) is 9.11. The average molecular weight is 393 g/mol. The van der Waals surface area contributed by atoms with E-state index in [4.69, 9.17) is 14.2 Å². The van der Waals surface area contributed by atoms with Gasteiger partial charge in [-0.1, -0.05) is 52.9 Å². The lowest BCUT2D eigenvalue weighted by molar-refractivity contribution is 0.0547. The second-order valence-electron chi connectivity index (χ2n) is 3.90. The smallest absolute Gasteiger partial charge is 0.407 e. The minimum Gasteiger partial charge on any atom is -0.445 e. The van der Waals surface area contributed by atoms with Gasteiger partial charge in [-0.05, 0) is 5.56 Å². The molecule has 0 heterocycles. The number of rotatable bonds is 10. The first kappa shape index (κ1) is 17.2. The molecule has 1 N–H and O–H groups in total. The molecular formula is C14H20INO4. The number of hydrogen-bond donors (Lipinski definition) is 1. The summed E-state index contributed by atoms with van der Waals surface area (Å²) in [5.74, 6) is 0. The predicted octanol–water partition coefficient (Wildman–Crippen LogP) is 2.38. The number of alkyl halides is 1. The van der Waals surface area contributed by atoms with Crippen molar-refractivity contribution in [2.75, 3.05) is 37.4 Å². The van der Waals surface area contributed by atoms with E-state index in [1.54, 1.807) is 0 Å². The summed E-state index contributed by atoms with van der Waals surface area (Å²) in [7, 11) is 0. The zero-order valence-electron chi connectivity index (χ0n) is 11.3. The van der Waals surface area contributed by atoms with E-state index in [1.165, 1.54) is 0 Å². The fraction of sp³-hybridized carbons (Fsp3) is 0.500. The van der Waals surface area contributed by atoms with Gasteiger partial charge in [-0.2, -0.15) is 0 Å². The van der Waals surface area contributed by atoms with Crippen molar-refractivity contribution < 1.29 is 19.0 Å². The van der Waals surface area contributed by atoms with Crippen LogP contribution in [0.4, 0.5) is 4.79 Å². The first-order valence-corrected chi connectivity index (χ1v) is 8.01. The zero-order chi connectivity index (χ0) is 14.5. The van der Waals surface area contributed by atoms with Gasteiger partial charge in [0.1, 0.15) is 6.61 Å². The van der Waals surface area contributed by atoms with Crippen molar-refractivity contribution in [3.63, 3.8) is 0 Å². The van der Waals surface area contributed by atoms with Crippen molar-refractivity contribution in [2.24, 2.45) is 0 Å². The highest BCUT2D eigenvalue weighted by molar-refractivity contribution is 14.1. The van der Waals surface area contributed by atoms with Crippen molar-refractivity contribution >= 4 is 28.7 Å². The number of alkyl carbamates (subject to hydrolysis) is 1. The molecule has 6 heteroatoms. The van der Waals surface area contributed by atoms with Gasteiger partial charge in [0.25, 0.3) is 0 Å². The molecule has 20 heavy (non-hydrogen) atoms. The molecule has 1 amide bonds. The molecule has 1 aromatic carbocycles. The number of hydrogen-bond acceptors (Lipinski definition) is 4. The third-order valence-corrected chi connectivity index (χ3v) is 2.76. The maximum atomic E-state index is 11.4. The highest BCUT2D eigenvalue weighted by Gasteiger charge is 2.01. The Hall–Kier alpha value is -0.860. The number of benzene rings is 1. The van der Waals surface area contributed by atoms with E-state index in [2.05, 4.69) is 27.9 Å². The van der Waals surface area contributed by atoms with Gasteiger partial charge in [-0.3, -0.25) is 0 Å². The van der Waals surface area contributed by atoms with Gasteiger partial charge in [-0.15, -0.1) is 0 Å². The standard InChI is InChI=1S/C14H20INO4/c15-6-8-18-10-11-19-9-7-16-14(17)20-12-13-4-2-1-3-5-13/h1-5H,6-12H2,(H,16,17). The SMILES string of the molecule is O=C(NCCOCCOCCI)OCc1ccccc1. The number of nitrogens with one attached hydrogen (secondary N) is 1.